The fraction of sp³-hybridized carbons (Fsp3) is 0.500. The second kappa shape index (κ2) is 6.55. The first kappa shape index (κ1) is 13.8. The third-order valence-corrected chi connectivity index (χ3v) is 4.93. The van der Waals surface area contributed by atoms with Gasteiger partial charge in [-0.15, -0.1) is 0 Å². The molecule has 1 atom stereocenters. The summed E-state index contributed by atoms with van der Waals surface area (Å²) in [4.78, 5) is 3.02. The summed E-state index contributed by atoms with van der Waals surface area (Å²) in [7, 11) is 0. The molecule has 0 spiro atoms. The first-order chi connectivity index (χ1) is 8.69. The molecule has 0 amide bonds. The zero-order chi connectivity index (χ0) is 13.0. The van der Waals surface area contributed by atoms with E-state index in [1.807, 2.05) is 12.1 Å². The molecular weight excluding hydrogens is 260 g/mol. The summed E-state index contributed by atoms with van der Waals surface area (Å²) in [6.07, 6.45) is 1.27. The second-order valence-electron chi connectivity index (χ2n) is 4.70. The van der Waals surface area contributed by atoms with E-state index in [-0.39, 0.29) is 0 Å². The molecule has 1 heterocycles. The molecule has 1 aliphatic heterocycles. The van der Waals surface area contributed by atoms with Gasteiger partial charge in [-0.05, 0) is 12.0 Å². The van der Waals surface area contributed by atoms with E-state index in [1.54, 1.807) is 0 Å². The minimum atomic E-state index is 0.474. The van der Waals surface area contributed by atoms with Gasteiger partial charge in [0.1, 0.15) is 4.99 Å². The summed E-state index contributed by atoms with van der Waals surface area (Å²) in [6.45, 7) is 5.71. The maximum Gasteiger partial charge on any atom is 0.103 e. The highest BCUT2D eigenvalue weighted by atomic mass is 32.2. The Balaban J connectivity index is 1.94. The van der Waals surface area contributed by atoms with Crippen LogP contribution in [0.25, 0.3) is 0 Å². The standard InChI is InChI=1S/C14H20N2S2/c1-2-13-10-16(7-8-18-13)9-11-3-5-12(6-4-11)14(15)17/h3-6,13H,2,7-10H2,1H3,(H2,15,17). The number of nitrogens with two attached hydrogens (primary N) is 1. The van der Waals surface area contributed by atoms with Crippen LogP contribution in [0.1, 0.15) is 24.5 Å². The third kappa shape index (κ3) is 3.70. The normalized spacial score (nSPS) is 20.8. The van der Waals surface area contributed by atoms with Crippen molar-refractivity contribution in [1.29, 1.82) is 0 Å². The molecule has 0 saturated carbocycles. The van der Waals surface area contributed by atoms with Crippen molar-refractivity contribution in [2.75, 3.05) is 18.8 Å². The number of rotatable bonds is 4. The quantitative estimate of drug-likeness (QED) is 0.859. The van der Waals surface area contributed by atoms with Gasteiger partial charge in [-0.3, -0.25) is 4.90 Å². The van der Waals surface area contributed by atoms with Crippen molar-refractivity contribution in [3.8, 4) is 0 Å². The van der Waals surface area contributed by atoms with Crippen molar-refractivity contribution in [3.05, 3.63) is 35.4 Å². The van der Waals surface area contributed by atoms with Crippen molar-refractivity contribution in [2.24, 2.45) is 5.73 Å². The topological polar surface area (TPSA) is 29.3 Å². The van der Waals surface area contributed by atoms with Crippen LogP contribution in [0.3, 0.4) is 0 Å². The molecule has 98 valence electrons. The van der Waals surface area contributed by atoms with Gasteiger partial charge >= 0.3 is 0 Å². The summed E-state index contributed by atoms with van der Waals surface area (Å²) >= 11 is 7.07. The monoisotopic (exact) mass is 280 g/mol. The molecule has 1 aromatic carbocycles. The maximum absolute atomic E-state index is 5.60. The molecule has 4 heteroatoms. The number of benzene rings is 1. The van der Waals surface area contributed by atoms with Crippen LogP contribution in [0, 0.1) is 0 Å². The van der Waals surface area contributed by atoms with Crippen LogP contribution in [0.4, 0.5) is 0 Å². The number of hydrogen-bond acceptors (Lipinski definition) is 3. The minimum Gasteiger partial charge on any atom is -0.389 e. The lowest BCUT2D eigenvalue weighted by molar-refractivity contribution is 0.273. The molecule has 1 aliphatic rings. The third-order valence-electron chi connectivity index (χ3n) is 3.32. The highest BCUT2D eigenvalue weighted by Gasteiger charge is 2.18. The summed E-state index contributed by atoms with van der Waals surface area (Å²) in [5.41, 5.74) is 7.90. The van der Waals surface area contributed by atoms with E-state index in [2.05, 4.69) is 35.7 Å². The van der Waals surface area contributed by atoms with Gasteiger partial charge in [-0.2, -0.15) is 11.8 Å². The highest BCUT2D eigenvalue weighted by molar-refractivity contribution is 8.00. The van der Waals surface area contributed by atoms with Gasteiger partial charge in [0.15, 0.2) is 0 Å². The van der Waals surface area contributed by atoms with Crippen molar-refractivity contribution < 1.29 is 0 Å². The van der Waals surface area contributed by atoms with E-state index >= 15 is 0 Å². The fourth-order valence-electron chi connectivity index (χ4n) is 2.20. The fourth-order valence-corrected chi connectivity index (χ4v) is 3.59. The summed E-state index contributed by atoms with van der Waals surface area (Å²) < 4.78 is 0. The summed E-state index contributed by atoms with van der Waals surface area (Å²) in [5.74, 6) is 1.25. The van der Waals surface area contributed by atoms with E-state index in [0.717, 1.165) is 17.4 Å². The molecule has 1 fully saturated rings. The Morgan fingerprint density at radius 3 is 2.78 bits per heavy atom. The summed E-state index contributed by atoms with van der Waals surface area (Å²) in [6, 6.07) is 8.32. The van der Waals surface area contributed by atoms with E-state index in [4.69, 9.17) is 18.0 Å². The number of nitrogens with zero attached hydrogens (tertiary/aromatic N) is 1. The van der Waals surface area contributed by atoms with E-state index in [1.165, 1.54) is 30.8 Å². The molecule has 2 N–H and O–H groups in total. The average molecular weight is 280 g/mol. The molecule has 0 aromatic heterocycles. The molecule has 18 heavy (non-hydrogen) atoms. The molecule has 1 unspecified atom stereocenters. The predicted molar refractivity (Wildman–Crippen MR) is 84.1 cm³/mol. The molecule has 0 bridgehead atoms. The Hall–Kier alpha value is -0.580. The van der Waals surface area contributed by atoms with Crippen LogP contribution in [-0.4, -0.2) is 34.0 Å². The Morgan fingerprint density at radius 2 is 2.17 bits per heavy atom. The second-order valence-corrected chi connectivity index (χ2v) is 6.55. The Morgan fingerprint density at radius 1 is 1.44 bits per heavy atom. The Bertz CT molecular complexity index is 403. The highest BCUT2D eigenvalue weighted by Crippen LogP contribution is 2.22. The van der Waals surface area contributed by atoms with Gasteiger partial charge in [0, 0.05) is 36.2 Å². The van der Waals surface area contributed by atoms with Crippen LogP contribution >= 0.6 is 24.0 Å². The predicted octanol–water partition coefficient (Wildman–Crippen LogP) is 2.65. The number of hydrogen-bond donors (Lipinski definition) is 1. The number of thioether (sulfide) groups is 1. The molecule has 0 aliphatic carbocycles. The smallest absolute Gasteiger partial charge is 0.103 e. The minimum absolute atomic E-state index is 0.474. The zero-order valence-electron chi connectivity index (χ0n) is 10.8. The number of thiocarbonyl (C=S) groups is 1. The molecular formula is C14H20N2S2. The van der Waals surface area contributed by atoms with Crippen molar-refractivity contribution >= 4 is 29.0 Å². The Labute approximate surface area is 119 Å². The van der Waals surface area contributed by atoms with Crippen LogP contribution in [0.2, 0.25) is 0 Å². The molecule has 2 nitrogen and oxygen atoms in total. The molecule has 0 radical (unpaired) electrons. The SMILES string of the molecule is CCC1CN(Cc2ccc(C(N)=S)cc2)CCS1. The first-order valence-electron chi connectivity index (χ1n) is 6.41. The van der Waals surface area contributed by atoms with Gasteiger partial charge in [-0.1, -0.05) is 43.4 Å². The van der Waals surface area contributed by atoms with Crippen LogP contribution in [0.5, 0.6) is 0 Å². The van der Waals surface area contributed by atoms with Gasteiger partial charge in [0.25, 0.3) is 0 Å². The first-order valence-corrected chi connectivity index (χ1v) is 7.87. The van der Waals surface area contributed by atoms with E-state index in [9.17, 15) is 0 Å². The van der Waals surface area contributed by atoms with Crippen LogP contribution in [-0.2, 0) is 6.54 Å². The molecule has 2 rings (SSSR count). The molecule has 1 aromatic rings. The van der Waals surface area contributed by atoms with Gasteiger partial charge in [0.2, 0.25) is 0 Å². The average Bonchev–Trinajstić information content (AvgIpc) is 2.39. The van der Waals surface area contributed by atoms with Crippen molar-refractivity contribution in [3.63, 3.8) is 0 Å². The maximum atomic E-state index is 5.60. The lowest BCUT2D eigenvalue weighted by Gasteiger charge is -2.31. The van der Waals surface area contributed by atoms with Crippen molar-refractivity contribution in [2.45, 2.75) is 25.1 Å². The van der Waals surface area contributed by atoms with E-state index in [0.29, 0.717) is 4.99 Å². The zero-order valence-corrected chi connectivity index (χ0v) is 12.4. The summed E-state index contributed by atoms with van der Waals surface area (Å²) in [5, 5.41) is 0.801. The largest absolute Gasteiger partial charge is 0.389 e. The van der Waals surface area contributed by atoms with E-state index < -0.39 is 0 Å². The Kier molecular flexibility index (Phi) is 5.03. The lowest BCUT2D eigenvalue weighted by atomic mass is 10.1. The molecule has 1 saturated heterocycles. The van der Waals surface area contributed by atoms with Crippen molar-refractivity contribution in [1.82, 2.24) is 4.90 Å². The lowest BCUT2D eigenvalue weighted by Crippen LogP contribution is -2.37. The van der Waals surface area contributed by atoms with Crippen LogP contribution in [0.15, 0.2) is 24.3 Å². The van der Waals surface area contributed by atoms with Gasteiger partial charge in [-0.25, -0.2) is 0 Å². The van der Waals surface area contributed by atoms with Crippen LogP contribution < -0.4 is 5.73 Å². The van der Waals surface area contributed by atoms with Gasteiger partial charge in [0.05, 0.1) is 0 Å². The van der Waals surface area contributed by atoms with Gasteiger partial charge < -0.3 is 5.73 Å².